The summed E-state index contributed by atoms with van der Waals surface area (Å²) in [4.78, 5) is 30.9. The molecule has 2 rings (SSSR count). The Kier molecular flexibility index (Phi) is 5.73. The van der Waals surface area contributed by atoms with Crippen LogP contribution in [0.25, 0.3) is 0 Å². The zero-order valence-electron chi connectivity index (χ0n) is 12.5. The van der Waals surface area contributed by atoms with Crippen LogP contribution in [-0.2, 0) is 4.79 Å². The van der Waals surface area contributed by atoms with Gasteiger partial charge >= 0.3 is 0 Å². The standard InChI is InChI=1S/C14H14Br2N6O2/c1-6(11(17)23)20-14-19-5-10(12(18)24)13(22-14)21-9-3-7(15)2-8(16)4-9/h2-6H,1H3,(H2,17,23)(H2,18,24)(H2,19,20,21,22)/t6-/m1/s1. The van der Waals surface area contributed by atoms with Crippen molar-refractivity contribution in [2.45, 2.75) is 13.0 Å². The Morgan fingerprint density at radius 1 is 1.17 bits per heavy atom. The number of hydrogen-bond donors (Lipinski definition) is 4. The first-order valence-electron chi connectivity index (χ1n) is 6.72. The summed E-state index contributed by atoms with van der Waals surface area (Å²) in [5, 5.41) is 5.76. The van der Waals surface area contributed by atoms with Gasteiger partial charge in [-0.05, 0) is 25.1 Å². The van der Waals surface area contributed by atoms with Crippen LogP contribution in [-0.4, -0.2) is 27.8 Å². The number of nitrogens with one attached hydrogen (secondary N) is 2. The maximum Gasteiger partial charge on any atom is 0.254 e. The van der Waals surface area contributed by atoms with Gasteiger partial charge in [-0.3, -0.25) is 9.59 Å². The van der Waals surface area contributed by atoms with Crippen molar-refractivity contribution in [3.05, 3.63) is 38.9 Å². The summed E-state index contributed by atoms with van der Waals surface area (Å²) >= 11 is 6.76. The molecule has 0 spiro atoms. The van der Waals surface area contributed by atoms with Crippen LogP contribution >= 0.6 is 31.9 Å². The van der Waals surface area contributed by atoms with E-state index in [2.05, 4.69) is 52.5 Å². The molecule has 2 amide bonds. The van der Waals surface area contributed by atoms with E-state index in [0.717, 1.165) is 8.95 Å². The van der Waals surface area contributed by atoms with E-state index < -0.39 is 17.9 Å². The Morgan fingerprint density at radius 3 is 2.33 bits per heavy atom. The molecule has 0 aliphatic heterocycles. The van der Waals surface area contributed by atoms with Gasteiger partial charge in [0.1, 0.15) is 17.4 Å². The summed E-state index contributed by atoms with van der Waals surface area (Å²) in [6, 6.07) is 4.80. The monoisotopic (exact) mass is 456 g/mol. The topological polar surface area (TPSA) is 136 Å². The first-order valence-corrected chi connectivity index (χ1v) is 8.30. The van der Waals surface area contributed by atoms with Gasteiger partial charge in [0, 0.05) is 20.8 Å². The van der Waals surface area contributed by atoms with Crippen LogP contribution in [0.5, 0.6) is 0 Å². The van der Waals surface area contributed by atoms with Gasteiger partial charge in [0.15, 0.2) is 0 Å². The van der Waals surface area contributed by atoms with Crippen LogP contribution in [0.4, 0.5) is 17.5 Å². The molecule has 2 aromatic rings. The molecule has 0 saturated heterocycles. The van der Waals surface area contributed by atoms with E-state index in [-0.39, 0.29) is 17.3 Å². The highest BCUT2D eigenvalue weighted by Gasteiger charge is 2.15. The third-order valence-electron chi connectivity index (χ3n) is 2.95. The smallest absolute Gasteiger partial charge is 0.254 e. The van der Waals surface area contributed by atoms with Gasteiger partial charge < -0.3 is 22.1 Å². The van der Waals surface area contributed by atoms with Gasteiger partial charge in [-0.1, -0.05) is 31.9 Å². The van der Waals surface area contributed by atoms with Crippen molar-refractivity contribution in [1.29, 1.82) is 0 Å². The zero-order valence-corrected chi connectivity index (χ0v) is 15.7. The number of benzene rings is 1. The molecule has 0 radical (unpaired) electrons. The number of aromatic nitrogens is 2. The number of hydrogen-bond acceptors (Lipinski definition) is 6. The number of carbonyl (C=O) groups excluding carboxylic acids is 2. The molecule has 8 nitrogen and oxygen atoms in total. The minimum absolute atomic E-state index is 0.114. The summed E-state index contributed by atoms with van der Waals surface area (Å²) < 4.78 is 1.66. The van der Waals surface area contributed by atoms with E-state index in [1.54, 1.807) is 19.1 Å². The third-order valence-corrected chi connectivity index (χ3v) is 3.87. The van der Waals surface area contributed by atoms with Crippen molar-refractivity contribution < 1.29 is 9.59 Å². The Balaban J connectivity index is 2.37. The minimum atomic E-state index is -0.680. The average Bonchev–Trinajstić information content (AvgIpc) is 2.45. The number of rotatable bonds is 6. The lowest BCUT2D eigenvalue weighted by Crippen LogP contribution is -2.33. The van der Waals surface area contributed by atoms with Gasteiger partial charge in [0.2, 0.25) is 11.9 Å². The molecular formula is C14H14Br2N6O2. The quantitative estimate of drug-likeness (QED) is 0.524. The molecule has 6 N–H and O–H groups in total. The maximum atomic E-state index is 11.6. The summed E-state index contributed by atoms with van der Waals surface area (Å²) in [5.41, 5.74) is 11.3. The number of nitrogens with zero attached hydrogens (tertiary/aromatic N) is 2. The average molecular weight is 458 g/mol. The SMILES string of the molecule is C[C@@H](Nc1ncc(C(N)=O)c(Nc2cc(Br)cc(Br)c2)n1)C(N)=O. The second-order valence-corrected chi connectivity index (χ2v) is 6.70. The second kappa shape index (κ2) is 7.58. The minimum Gasteiger partial charge on any atom is -0.368 e. The first-order chi connectivity index (χ1) is 11.3. The molecule has 1 atom stereocenters. The van der Waals surface area contributed by atoms with Crippen LogP contribution in [0.2, 0.25) is 0 Å². The fourth-order valence-corrected chi connectivity index (χ4v) is 3.05. The number of primary amides is 2. The largest absolute Gasteiger partial charge is 0.368 e. The fraction of sp³-hybridized carbons (Fsp3) is 0.143. The van der Waals surface area contributed by atoms with Crippen molar-refractivity contribution in [1.82, 2.24) is 9.97 Å². The van der Waals surface area contributed by atoms with Gasteiger partial charge in [-0.25, -0.2) is 4.98 Å². The van der Waals surface area contributed by atoms with Gasteiger partial charge in [0.05, 0.1) is 0 Å². The lowest BCUT2D eigenvalue weighted by atomic mass is 10.2. The summed E-state index contributed by atoms with van der Waals surface area (Å²) in [5.74, 6) is -0.881. The molecule has 24 heavy (non-hydrogen) atoms. The molecule has 1 heterocycles. The van der Waals surface area contributed by atoms with Crippen LogP contribution in [0.15, 0.2) is 33.3 Å². The van der Waals surface area contributed by atoms with Crippen LogP contribution in [0, 0.1) is 0 Å². The van der Waals surface area contributed by atoms with Crippen molar-refractivity contribution in [3.8, 4) is 0 Å². The Hall–Kier alpha value is -2.20. The van der Waals surface area contributed by atoms with Crippen molar-refractivity contribution in [3.63, 3.8) is 0 Å². The number of halogens is 2. The molecule has 0 unspecified atom stereocenters. The molecule has 0 fully saturated rings. The van der Waals surface area contributed by atoms with E-state index in [4.69, 9.17) is 11.5 Å². The van der Waals surface area contributed by atoms with Crippen LogP contribution < -0.4 is 22.1 Å². The lowest BCUT2D eigenvalue weighted by Gasteiger charge is -2.14. The molecule has 1 aromatic carbocycles. The number of amides is 2. The normalized spacial score (nSPS) is 11.6. The van der Waals surface area contributed by atoms with Gasteiger partial charge in [-0.15, -0.1) is 0 Å². The number of carbonyl (C=O) groups is 2. The summed E-state index contributed by atoms with van der Waals surface area (Å²) in [6.07, 6.45) is 1.28. The Labute approximate surface area is 154 Å². The molecule has 0 aliphatic carbocycles. The Bertz CT molecular complexity index is 779. The molecular weight excluding hydrogens is 444 g/mol. The second-order valence-electron chi connectivity index (χ2n) is 4.87. The molecule has 0 aliphatic rings. The summed E-state index contributed by atoms with van der Waals surface area (Å²) in [7, 11) is 0. The van der Waals surface area contributed by atoms with E-state index >= 15 is 0 Å². The highest BCUT2D eigenvalue weighted by atomic mass is 79.9. The predicted octanol–water partition coefficient (Wildman–Crippen LogP) is 2.13. The van der Waals surface area contributed by atoms with Crippen LogP contribution in [0.3, 0.4) is 0 Å². The molecule has 0 saturated carbocycles. The van der Waals surface area contributed by atoms with E-state index in [1.165, 1.54) is 6.20 Å². The fourth-order valence-electron chi connectivity index (χ4n) is 1.75. The number of anilines is 3. The highest BCUT2D eigenvalue weighted by molar-refractivity contribution is 9.11. The van der Waals surface area contributed by atoms with Gasteiger partial charge in [-0.2, -0.15) is 4.98 Å². The van der Waals surface area contributed by atoms with Crippen molar-refractivity contribution >= 4 is 61.1 Å². The Morgan fingerprint density at radius 2 is 1.79 bits per heavy atom. The van der Waals surface area contributed by atoms with E-state index in [9.17, 15) is 9.59 Å². The number of nitrogens with two attached hydrogens (primary N) is 2. The molecule has 1 aromatic heterocycles. The van der Waals surface area contributed by atoms with E-state index in [1.807, 2.05) is 6.07 Å². The zero-order chi connectivity index (χ0) is 17.9. The summed E-state index contributed by atoms with van der Waals surface area (Å²) in [6.45, 7) is 1.58. The lowest BCUT2D eigenvalue weighted by molar-refractivity contribution is -0.118. The third kappa shape index (κ3) is 4.65. The highest BCUT2D eigenvalue weighted by Crippen LogP contribution is 2.26. The molecule has 0 bridgehead atoms. The maximum absolute atomic E-state index is 11.6. The first kappa shape index (κ1) is 18.1. The van der Waals surface area contributed by atoms with Crippen LogP contribution in [0.1, 0.15) is 17.3 Å². The predicted molar refractivity (Wildman–Crippen MR) is 98.0 cm³/mol. The van der Waals surface area contributed by atoms with E-state index in [0.29, 0.717) is 5.69 Å². The molecule has 126 valence electrons. The van der Waals surface area contributed by atoms with Crippen molar-refractivity contribution in [2.24, 2.45) is 11.5 Å². The molecule has 10 heteroatoms. The van der Waals surface area contributed by atoms with Crippen molar-refractivity contribution in [2.75, 3.05) is 10.6 Å². The van der Waals surface area contributed by atoms with Gasteiger partial charge in [0.25, 0.3) is 5.91 Å².